The molecular weight excluding hydrogens is 254 g/mol. The van der Waals surface area contributed by atoms with Gasteiger partial charge in [-0.1, -0.05) is 6.07 Å². The predicted octanol–water partition coefficient (Wildman–Crippen LogP) is -0.574. The summed E-state index contributed by atoms with van der Waals surface area (Å²) in [6, 6.07) is 4.26. The van der Waals surface area contributed by atoms with E-state index >= 15 is 0 Å². The van der Waals surface area contributed by atoms with Gasteiger partial charge in [0, 0.05) is 24.7 Å². The normalized spacial score (nSPS) is 17.4. The lowest BCUT2D eigenvalue weighted by atomic mass is 10.1. The predicted molar refractivity (Wildman–Crippen MR) is 66.4 cm³/mol. The molecule has 2 rings (SSSR count). The zero-order valence-electron chi connectivity index (χ0n) is 9.96. The molecule has 0 aliphatic carbocycles. The van der Waals surface area contributed by atoms with Crippen LogP contribution in [0.15, 0.2) is 23.1 Å². The van der Waals surface area contributed by atoms with E-state index in [0.717, 1.165) is 0 Å². The second kappa shape index (κ2) is 4.34. The molecule has 1 amide bonds. The molecule has 4 N–H and O–H groups in total. The highest BCUT2D eigenvalue weighted by molar-refractivity contribution is 7.89. The smallest absolute Gasteiger partial charge is 0.249 e. The Morgan fingerprint density at radius 2 is 2.00 bits per heavy atom. The fourth-order valence-electron chi connectivity index (χ4n) is 1.84. The summed E-state index contributed by atoms with van der Waals surface area (Å²) >= 11 is 0. The quantitative estimate of drug-likeness (QED) is 0.766. The van der Waals surface area contributed by atoms with Crippen molar-refractivity contribution in [3.05, 3.63) is 29.3 Å². The van der Waals surface area contributed by atoms with Gasteiger partial charge in [-0.2, -0.15) is 4.31 Å². The van der Waals surface area contributed by atoms with Crippen molar-refractivity contribution in [2.45, 2.75) is 17.9 Å². The van der Waals surface area contributed by atoms with E-state index in [1.165, 1.54) is 16.4 Å². The molecule has 0 unspecified atom stereocenters. The molecule has 1 aromatic carbocycles. The number of carbonyl (C=O) groups is 1. The molecule has 1 heterocycles. The van der Waals surface area contributed by atoms with Crippen molar-refractivity contribution >= 4 is 15.9 Å². The van der Waals surface area contributed by atoms with Crippen molar-refractivity contribution in [2.75, 3.05) is 13.1 Å². The van der Waals surface area contributed by atoms with Gasteiger partial charge < -0.3 is 11.5 Å². The second-order valence-corrected chi connectivity index (χ2v) is 6.36. The average Bonchev–Trinajstić information content (AvgIpc) is 2.24. The first-order chi connectivity index (χ1) is 8.32. The summed E-state index contributed by atoms with van der Waals surface area (Å²) in [5, 5.41) is 0. The van der Waals surface area contributed by atoms with Crippen molar-refractivity contribution in [1.82, 2.24) is 4.31 Å². The van der Waals surface area contributed by atoms with E-state index in [0.29, 0.717) is 18.7 Å². The van der Waals surface area contributed by atoms with Gasteiger partial charge in [0.2, 0.25) is 15.9 Å². The lowest BCUT2D eigenvalue weighted by Gasteiger charge is -2.35. The van der Waals surface area contributed by atoms with Gasteiger partial charge in [0.1, 0.15) is 0 Å². The molecule has 98 valence electrons. The molecule has 6 nitrogen and oxygen atoms in total. The Hall–Kier alpha value is -1.44. The Kier molecular flexibility index (Phi) is 3.14. The van der Waals surface area contributed by atoms with E-state index in [2.05, 4.69) is 0 Å². The number of nitrogens with zero attached hydrogens (tertiary/aromatic N) is 1. The van der Waals surface area contributed by atoms with Gasteiger partial charge in [0.15, 0.2) is 0 Å². The van der Waals surface area contributed by atoms with Gasteiger partial charge in [0.25, 0.3) is 0 Å². The molecule has 1 aromatic rings. The number of amides is 1. The monoisotopic (exact) mass is 269 g/mol. The molecule has 0 saturated carbocycles. The van der Waals surface area contributed by atoms with E-state index in [9.17, 15) is 13.2 Å². The van der Waals surface area contributed by atoms with Crippen LogP contribution >= 0.6 is 0 Å². The van der Waals surface area contributed by atoms with Gasteiger partial charge >= 0.3 is 0 Å². The molecule has 0 atom stereocenters. The molecule has 1 saturated heterocycles. The summed E-state index contributed by atoms with van der Waals surface area (Å²) in [7, 11) is -3.56. The number of rotatable bonds is 3. The summed E-state index contributed by atoms with van der Waals surface area (Å²) < 4.78 is 25.6. The van der Waals surface area contributed by atoms with Crippen molar-refractivity contribution in [3.63, 3.8) is 0 Å². The Bertz CT molecular complexity index is 592. The largest absolute Gasteiger partial charge is 0.366 e. The first-order valence-corrected chi connectivity index (χ1v) is 6.92. The first kappa shape index (κ1) is 13.0. The lowest BCUT2D eigenvalue weighted by Crippen LogP contribution is -2.57. The molecule has 18 heavy (non-hydrogen) atoms. The van der Waals surface area contributed by atoms with Crippen LogP contribution in [0.4, 0.5) is 0 Å². The van der Waals surface area contributed by atoms with Crippen molar-refractivity contribution < 1.29 is 13.2 Å². The molecule has 0 bridgehead atoms. The molecule has 7 heteroatoms. The van der Waals surface area contributed by atoms with Crippen LogP contribution in [0.25, 0.3) is 0 Å². The van der Waals surface area contributed by atoms with Crippen LogP contribution < -0.4 is 11.5 Å². The average molecular weight is 269 g/mol. The first-order valence-electron chi connectivity index (χ1n) is 5.48. The van der Waals surface area contributed by atoms with E-state index < -0.39 is 15.9 Å². The molecule has 1 aliphatic rings. The van der Waals surface area contributed by atoms with E-state index in [1.54, 1.807) is 13.0 Å². The lowest BCUT2D eigenvalue weighted by molar-refractivity contribution is 0.0999. The van der Waals surface area contributed by atoms with Crippen LogP contribution in [0.5, 0.6) is 0 Å². The second-order valence-electron chi connectivity index (χ2n) is 4.42. The van der Waals surface area contributed by atoms with Gasteiger partial charge in [-0.25, -0.2) is 8.42 Å². The third-order valence-electron chi connectivity index (χ3n) is 2.99. The van der Waals surface area contributed by atoms with Gasteiger partial charge in [0.05, 0.1) is 4.90 Å². The van der Waals surface area contributed by atoms with Crippen LogP contribution in [0.1, 0.15) is 15.9 Å². The Morgan fingerprint density at radius 3 is 2.50 bits per heavy atom. The summed E-state index contributed by atoms with van der Waals surface area (Å²) in [6.07, 6.45) is 0. The van der Waals surface area contributed by atoms with E-state index in [1.807, 2.05) is 0 Å². The van der Waals surface area contributed by atoms with E-state index in [4.69, 9.17) is 11.5 Å². The summed E-state index contributed by atoms with van der Waals surface area (Å²) in [5.74, 6) is -0.634. The molecule has 0 radical (unpaired) electrons. The van der Waals surface area contributed by atoms with Gasteiger partial charge in [-0.15, -0.1) is 0 Å². The van der Waals surface area contributed by atoms with Crippen LogP contribution in [-0.4, -0.2) is 37.8 Å². The summed E-state index contributed by atoms with van der Waals surface area (Å²) in [6.45, 7) is 2.32. The molecule has 1 aliphatic heterocycles. The van der Waals surface area contributed by atoms with Crippen molar-refractivity contribution in [3.8, 4) is 0 Å². The number of hydrogen-bond donors (Lipinski definition) is 2. The molecular formula is C11H15N3O3S. The topological polar surface area (TPSA) is 106 Å². The summed E-state index contributed by atoms with van der Waals surface area (Å²) in [5.41, 5.74) is 11.6. The fourth-order valence-corrected chi connectivity index (χ4v) is 3.42. The Labute approximate surface area is 106 Å². The zero-order chi connectivity index (χ0) is 13.5. The maximum Gasteiger partial charge on any atom is 0.249 e. The highest BCUT2D eigenvalue weighted by Crippen LogP contribution is 2.22. The SMILES string of the molecule is Cc1ccc(S(=O)(=O)N2CC(N)C2)cc1C(N)=O. The summed E-state index contributed by atoms with van der Waals surface area (Å²) in [4.78, 5) is 11.3. The Morgan fingerprint density at radius 1 is 1.39 bits per heavy atom. The maximum atomic E-state index is 12.2. The standard InChI is InChI=1S/C11H15N3O3S/c1-7-2-3-9(4-10(7)11(13)15)18(16,17)14-5-8(12)6-14/h2-4,8H,5-6,12H2,1H3,(H2,13,15). The third kappa shape index (κ3) is 2.12. The van der Waals surface area contributed by atoms with Gasteiger partial charge in [-0.05, 0) is 24.6 Å². The minimum absolute atomic E-state index is 0.0776. The number of nitrogens with two attached hydrogens (primary N) is 2. The zero-order valence-corrected chi connectivity index (χ0v) is 10.8. The van der Waals surface area contributed by atoms with Crippen molar-refractivity contribution in [2.24, 2.45) is 11.5 Å². The number of aryl methyl sites for hydroxylation is 1. The highest BCUT2D eigenvalue weighted by Gasteiger charge is 2.34. The minimum Gasteiger partial charge on any atom is -0.366 e. The number of hydrogen-bond acceptors (Lipinski definition) is 4. The molecule has 0 spiro atoms. The minimum atomic E-state index is -3.56. The van der Waals surface area contributed by atoms with Crippen LogP contribution in [-0.2, 0) is 10.0 Å². The number of carbonyl (C=O) groups excluding carboxylic acids is 1. The highest BCUT2D eigenvalue weighted by atomic mass is 32.2. The number of primary amides is 1. The fraction of sp³-hybridized carbons (Fsp3) is 0.364. The van der Waals surface area contributed by atoms with E-state index in [-0.39, 0.29) is 16.5 Å². The maximum absolute atomic E-state index is 12.2. The van der Waals surface area contributed by atoms with Crippen LogP contribution in [0.3, 0.4) is 0 Å². The van der Waals surface area contributed by atoms with Crippen LogP contribution in [0, 0.1) is 6.92 Å². The number of sulfonamides is 1. The third-order valence-corrected chi connectivity index (χ3v) is 4.82. The molecule has 0 aromatic heterocycles. The molecule has 1 fully saturated rings. The number of benzene rings is 1. The Balaban J connectivity index is 2.40. The van der Waals surface area contributed by atoms with Gasteiger partial charge in [-0.3, -0.25) is 4.79 Å². The van der Waals surface area contributed by atoms with Crippen LogP contribution in [0.2, 0.25) is 0 Å². The van der Waals surface area contributed by atoms with Crippen molar-refractivity contribution in [1.29, 1.82) is 0 Å².